The molecule has 1 fully saturated rings. The molecule has 1 aliphatic rings. The van der Waals surface area contributed by atoms with Gasteiger partial charge in [-0.15, -0.1) is 0 Å². The molecule has 1 heterocycles. The average Bonchev–Trinajstić information content (AvgIpc) is 2.66. The zero-order chi connectivity index (χ0) is 15.0. The van der Waals surface area contributed by atoms with Crippen molar-refractivity contribution in [3.05, 3.63) is 28.8 Å². The second-order valence-electron chi connectivity index (χ2n) is 5.06. The van der Waals surface area contributed by atoms with Gasteiger partial charge in [-0.1, -0.05) is 11.6 Å². The zero-order valence-corrected chi connectivity index (χ0v) is 12.5. The number of carboxylic acids is 1. The molecule has 7 heteroatoms. The number of methoxy groups -OCH3 is 1. The molecule has 0 saturated carbocycles. The summed E-state index contributed by atoms with van der Waals surface area (Å²) >= 11 is 5.92. The molecule has 110 valence electrons. The summed E-state index contributed by atoms with van der Waals surface area (Å²) in [7, 11) is -1.83. The molecule has 20 heavy (non-hydrogen) atoms. The Morgan fingerprint density at radius 3 is 2.70 bits per heavy atom. The fourth-order valence-electron chi connectivity index (χ4n) is 2.55. The Labute approximate surface area is 122 Å². The van der Waals surface area contributed by atoms with E-state index in [0.29, 0.717) is 16.3 Å². The van der Waals surface area contributed by atoms with Crippen LogP contribution in [0.3, 0.4) is 0 Å². The minimum absolute atomic E-state index is 0.0886. The van der Waals surface area contributed by atoms with E-state index in [1.807, 2.05) is 0 Å². The van der Waals surface area contributed by atoms with Crippen LogP contribution in [0, 0.1) is 5.41 Å². The van der Waals surface area contributed by atoms with Crippen LogP contribution in [0.2, 0.25) is 5.02 Å². The smallest absolute Gasteiger partial charge is 0.311 e. The second kappa shape index (κ2) is 5.26. The molecule has 0 bridgehead atoms. The Hall–Kier alpha value is -1.27. The molecule has 1 atom stereocenters. The molecule has 1 aliphatic heterocycles. The van der Waals surface area contributed by atoms with E-state index in [-0.39, 0.29) is 24.3 Å². The van der Waals surface area contributed by atoms with Crippen LogP contribution in [-0.2, 0) is 21.1 Å². The van der Waals surface area contributed by atoms with Crippen molar-refractivity contribution >= 4 is 27.4 Å². The highest BCUT2D eigenvalue weighted by atomic mass is 35.5. The minimum atomic E-state index is -3.30. The van der Waals surface area contributed by atoms with Crippen LogP contribution >= 0.6 is 11.6 Å². The SMILES string of the molecule is COc1ccc(Cl)cc1CC1(C(=O)O)CCS(=O)(=O)C1. The Balaban J connectivity index is 2.40. The van der Waals surface area contributed by atoms with Crippen LogP contribution in [-0.4, -0.2) is 38.1 Å². The largest absolute Gasteiger partial charge is 0.496 e. The summed E-state index contributed by atoms with van der Waals surface area (Å²) in [5.41, 5.74) is -0.684. The summed E-state index contributed by atoms with van der Waals surface area (Å²) in [6, 6.07) is 4.91. The van der Waals surface area contributed by atoms with Gasteiger partial charge in [-0.25, -0.2) is 8.42 Å². The number of ether oxygens (including phenoxy) is 1. The predicted octanol–water partition coefficient (Wildman–Crippen LogP) is 1.78. The van der Waals surface area contributed by atoms with Gasteiger partial charge in [0.15, 0.2) is 9.84 Å². The highest BCUT2D eigenvalue weighted by Crippen LogP contribution is 2.38. The van der Waals surface area contributed by atoms with Crippen molar-refractivity contribution in [3.8, 4) is 5.75 Å². The van der Waals surface area contributed by atoms with Crippen molar-refractivity contribution in [1.82, 2.24) is 0 Å². The Kier molecular flexibility index (Phi) is 3.97. The lowest BCUT2D eigenvalue weighted by Gasteiger charge is -2.23. The molecule has 0 amide bonds. The lowest BCUT2D eigenvalue weighted by atomic mass is 9.81. The summed E-state index contributed by atoms with van der Waals surface area (Å²) in [6.45, 7) is 0. The Bertz CT molecular complexity index is 640. The van der Waals surface area contributed by atoms with Gasteiger partial charge in [-0.3, -0.25) is 4.79 Å². The van der Waals surface area contributed by atoms with E-state index in [4.69, 9.17) is 16.3 Å². The predicted molar refractivity (Wildman–Crippen MR) is 75.0 cm³/mol. The van der Waals surface area contributed by atoms with Crippen molar-refractivity contribution in [2.45, 2.75) is 12.8 Å². The van der Waals surface area contributed by atoms with Crippen molar-refractivity contribution in [1.29, 1.82) is 0 Å². The minimum Gasteiger partial charge on any atom is -0.496 e. The van der Waals surface area contributed by atoms with Crippen LogP contribution in [0.15, 0.2) is 18.2 Å². The van der Waals surface area contributed by atoms with Crippen molar-refractivity contribution in [2.24, 2.45) is 5.41 Å². The van der Waals surface area contributed by atoms with E-state index in [1.165, 1.54) is 7.11 Å². The first-order valence-electron chi connectivity index (χ1n) is 6.04. The van der Waals surface area contributed by atoms with Crippen molar-refractivity contribution in [3.63, 3.8) is 0 Å². The summed E-state index contributed by atoms with van der Waals surface area (Å²) in [5, 5.41) is 9.91. The first kappa shape index (κ1) is 15.1. The summed E-state index contributed by atoms with van der Waals surface area (Å²) in [6.07, 6.45) is 0.200. The molecule has 0 spiro atoms. The number of sulfone groups is 1. The highest BCUT2D eigenvalue weighted by Gasteiger charge is 2.48. The van der Waals surface area contributed by atoms with Crippen LogP contribution < -0.4 is 4.74 Å². The molecule has 5 nitrogen and oxygen atoms in total. The molecular formula is C13H15ClO5S. The standard InChI is InChI=1S/C13H15ClO5S/c1-19-11-3-2-10(14)6-9(11)7-13(12(15)16)4-5-20(17,18)8-13/h2-3,6H,4-5,7-8H2,1H3,(H,15,16). The number of hydrogen-bond acceptors (Lipinski definition) is 4. The van der Waals surface area contributed by atoms with Gasteiger partial charge in [0.05, 0.1) is 24.0 Å². The third-order valence-electron chi connectivity index (χ3n) is 3.61. The summed E-state index contributed by atoms with van der Waals surface area (Å²) in [4.78, 5) is 11.6. The lowest BCUT2D eigenvalue weighted by Crippen LogP contribution is -2.34. The number of benzene rings is 1. The summed E-state index contributed by atoms with van der Waals surface area (Å²) < 4.78 is 28.5. The molecule has 0 radical (unpaired) electrons. The number of halogens is 1. The first-order chi connectivity index (χ1) is 9.28. The van der Waals surface area contributed by atoms with E-state index >= 15 is 0 Å². The molecule has 0 aromatic heterocycles. The molecule has 2 rings (SSSR count). The number of carbonyl (C=O) groups is 1. The van der Waals surface area contributed by atoms with Crippen LogP contribution in [0.4, 0.5) is 0 Å². The molecule has 1 unspecified atom stereocenters. The van der Waals surface area contributed by atoms with Gasteiger partial charge in [0.25, 0.3) is 0 Å². The van der Waals surface area contributed by atoms with Crippen LogP contribution in [0.25, 0.3) is 0 Å². The Morgan fingerprint density at radius 2 is 2.20 bits per heavy atom. The van der Waals surface area contributed by atoms with E-state index in [9.17, 15) is 18.3 Å². The van der Waals surface area contributed by atoms with Gasteiger partial charge in [-0.2, -0.15) is 0 Å². The highest BCUT2D eigenvalue weighted by molar-refractivity contribution is 7.91. The van der Waals surface area contributed by atoms with Crippen LogP contribution in [0.5, 0.6) is 5.75 Å². The third kappa shape index (κ3) is 2.91. The van der Waals surface area contributed by atoms with E-state index in [0.717, 1.165) is 0 Å². The maximum absolute atomic E-state index is 11.6. The maximum Gasteiger partial charge on any atom is 0.311 e. The first-order valence-corrected chi connectivity index (χ1v) is 8.24. The monoisotopic (exact) mass is 318 g/mol. The average molecular weight is 319 g/mol. The van der Waals surface area contributed by atoms with E-state index in [1.54, 1.807) is 18.2 Å². The topological polar surface area (TPSA) is 80.7 Å². The molecule has 1 N–H and O–H groups in total. The van der Waals surface area contributed by atoms with Crippen molar-refractivity contribution < 1.29 is 23.1 Å². The number of aliphatic carboxylic acids is 1. The maximum atomic E-state index is 11.6. The van der Waals surface area contributed by atoms with Crippen LogP contribution in [0.1, 0.15) is 12.0 Å². The number of carboxylic acid groups (broad SMARTS) is 1. The van der Waals surface area contributed by atoms with Gasteiger partial charge in [0, 0.05) is 5.02 Å². The van der Waals surface area contributed by atoms with E-state index in [2.05, 4.69) is 0 Å². The van der Waals surface area contributed by atoms with E-state index < -0.39 is 21.2 Å². The fourth-order valence-corrected chi connectivity index (χ4v) is 4.80. The third-order valence-corrected chi connectivity index (χ3v) is 5.67. The zero-order valence-electron chi connectivity index (χ0n) is 10.9. The molecular weight excluding hydrogens is 304 g/mol. The molecule has 1 saturated heterocycles. The number of rotatable bonds is 4. The molecule has 0 aliphatic carbocycles. The fraction of sp³-hybridized carbons (Fsp3) is 0.462. The molecule has 1 aromatic rings. The van der Waals surface area contributed by atoms with Gasteiger partial charge in [0.1, 0.15) is 5.75 Å². The summed E-state index contributed by atoms with van der Waals surface area (Å²) in [5.74, 6) is -1.02. The van der Waals surface area contributed by atoms with Crippen molar-refractivity contribution in [2.75, 3.05) is 18.6 Å². The van der Waals surface area contributed by atoms with Gasteiger partial charge in [-0.05, 0) is 36.6 Å². The Morgan fingerprint density at radius 1 is 1.50 bits per heavy atom. The van der Waals surface area contributed by atoms with Gasteiger partial charge >= 0.3 is 5.97 Å². The quantitative estimate of drug-likeness (QED) is 0.915. The number of hydrogen-bond donors (Lipinski definition) is 1. The molecule has 1 aromatic carbocycles. The lowest BCUT2D eigenvalue weighted by molar-refractivity contribution is -0.147. The second-order valence-corrected chi connectivity index (χ2v) is 7.68. The van der Waals surface area contributed by atoms with Gasteiger partial charge < -0.3 is 9.84 Å². The normalized spacial score (nSPS) is 24.5. The van der Waals surface area contributed by atoms with Gasteiger partial charge in [0.2, 0.25) is 0 Å².